The van der Waals surface area contributed by atoms with E-state index in [1.807, 2.05) is 18.2 Å². The topological polar surface area (TPSA) is 40.9 Å². The van der Waals surface area contributed by atoms with Gasteiger partial charge in [-0.25, -0.2) is 0 Å². The van der Waals surface area contributed by atoms with Crippen LogP contribution in [0.2, 0.25) is 0 Å². The molecule has 0 amide bonds. The summed E-state index contributed by atoms with van der Waals surface area (Å²) in [7, 11) is 0. The van der Waals surface area contributed by atoms with Crippen molar-refractivity contribution in [2.24, 2.45) is 0 Å². The molecule has 0 aliphatic rings. The number of hydrogen-bond donors (Lipinski definition) is 0. The summed E-state index contributed by atoms with van der Waals surface area (Å²) < 4.78 is 1.78. The highest BCUT2D eigenvalue weighted by molar-refractivity contribution is 9.11. The summed E-state index contributed by atoms with van der Waals surface area (Å²) in [5, 5.41) is 9.24. The third-order valence-corrected chi connectivity index (χ3v) is 3.26. The zero-order valence-corrected chi connectivity index (χ0v) is 12.2. The molecule has 1 aromatic rings. The molecule has 16 heavy (non-hydrogen) atoms. The lowest BCUT2D eigenvalue weighted by atomic mass is 9.80. The number of rotatable bonds is 3. The molecule has 0 saturated heterocycles. The minimum Gasteiger partial charge on any atom is -0.300 e. The second-order valence-corrected chi connectivity index (χ2v) is 5.81. The second kappa shape index (κ2) is 5.11. The maximum atomic E-state index is 11.2. The van der Waals surface area contributed by atoms with Gasteiger partial charge in [-0.2, -0.15) is 5.26 Å². The van der Waals surface area contributed by atoms with Crippen molar-refractivity contribution in [3.63, 3.8) is 0 Å². The molecule has 0 spiro atoms. The molecular weight excluding hydrogens is 334 g/mol. The standard InChI is InChI=1S/C12H11Br2NO/c1-8(16)6-12(2,7-15)9-3-10(13)5-11(14)4-9/h3-5H,6H2,1-2H3. The zero-order chi connectivity index (χ0) is 12.3. The molecule has 2 nitrogen and oxygen atoms in total. The van der Waals surface area contributed by atoms with E-state index in [2.05, 4.69) is 37.9 Å². The maximum absolute atomic E-state index is 11.2. The van der Waals surface area contributed by atoms with E-state index in [0.29, 0.717) is 0 Å². The molecule has 0 N–H and O–H groups in total. The maximum Gasteiger partial charge on any atom is 0.131 e. The van der Waals surface area contributed by atoms with Gasteiger partial charge in [0.15, 0.2) is 0 Å². The zero-order valence-electron chi connectivity index (χ0n) is 9.05. The fourth-order valence-corrected chi connectivity index (χ4v) is 2.87. The van der Waals surface area contributed by atoms with Gasteiger partial charge in [0.25, 0.3) is 0 Å². The summed E-state index contributed by atoms with van der Waals surface area (Å²) in [5.74, 6) is 0.0140. The van der Waals surface area contributed by atoms with Gasteiger partial charge < -0.3 is 0 Å². The van der Waals surface area contributed by atoms with Crippen molar-refractivity contribution in [2.75, 3.05) is 0 Å². The van der Waals surface area contributed by atoms with Crippen molar-refractivity contribution in [2.45, 2.75) is 25.7 Å². The molecule has 0 aliphatic carbocycles. The minimum atomic E-state index is -0.766. The lowest BCUT2D eigenvalue weighted by molar-refractivity contribution is -0.117. The summed E-state index contributed by atoms with van der Waals surface area (Å²) in [6.45, 7) is 3.28. The Morgan fingerprint density at radius 1 is 1.38 bits per heavy atom. The van der Waals surface area contributed by atoms with E-state index in [1.165, 1.54) is 6.92 Å². The van der Waals surface area contributed by atoms with Gasteiger partial charge in [-0.05, 0) is 37.6 Å². The molecule has 1 unspecified atom stereocenters. The molecular formula is C12H11Br2NO. The molecule has 84 valence electrons. The van der Waals surface area contributed by atoms with Gasteiger partial charge in [0.05, 0.1) is 11.5 Å². The van der Waals surface area contributed by atoms with Crippen LogP contribution in [0.5, 0.6) is 0 Å². The molecule has 4 heteroatoms. The predicted octanol–water partition coefficient (Wildman–Crippen LogP) is 3.97. The number of hydrogen-bond acceptors (Lipinski definition) is 2. The van der Waals surface area contributed by atoms with E-state index < -0.39 is 5.41 Å². The number of carbonyl (C=O) groups is 1. The monoisotopic (exact) mass is 343 g/mol. The average molecular weight is 345 g/mol. The highest BCUT2D eigenvalue weighted by atomic mass is 79.9. The Hall–Kier alpha value is -0.660. The number of Topliss-reactive ketones (excluding diaryl/α,β-unsaturated/α-hetero) is 1. The normalized spacial score (nSPS) is 13.9. The van der Waals surface area contributed by atoms with Crippen LogP contribution in [0.15, 0.2) is 27.1 Å². The van der Waals surface area contributed by atoms with Gasteiger partial charge in [-0.3, -0.25) is 4.79 Å². The lowest BCUT2D eigenvalue weighted by Gasteiger charge is -2.21. The minimum absolute atomic E-state index is 0.0140. The van der Waals surface area contributed by atoms with Crippen molar-refractivity contribution in [3.8, 4) is 6.07 Å². The van der Waals surface area contributed by atoms with Crippen molar-refractivity contribution in [3.05, 3.63) is 32.7 Å². The Bertz CT molecular complexity index is 444. The molecule has 0 bridgehead atoms. The number of ketones is 1. The van der Waals surface area contributed by atoms with Crippen molar-refractivity contribution in [1.29, 1.82) is 5.26 Å². The van der Waals surface area contributed by atoms with E-state index in [4.69, 9.17) is 0 Å². The Balaban J connectivity index is 3.23. The van der Waals surface area contributed by atoms with E-state index in [1.54, 1.807) is 6.92 Å². The fraction of sp³-hybridized carbons (Fsp3) is 0.333. The molecule has 0 aromatic heterocycles. The number of halogens is 2. The van der Waals surface area contributed by atoms with Crippen LogP contribution in [0.1, 0.15) is 25.8 Å². The number of carbonyl (C=O) groups excluding carboxylic acids is 1. The van der Waals surface area contributed by atoms with Crippen LogP contribution in [0, 0.1) is 11.3 Å². The third-order valence-electron chi connectivity index (χ3n) is 2.35. The van der Waals surface area contributed by atoms with E-state index in [9.17, 15) is 10.1 Å². The third kappa shape index (κ3) is 3.16. The van der Waals surface area contributed by atoms with Crippen LogP contribution in [0.4, 0.5) is 0 Å². The molecule has 0 heterocycles. The summed E-state index contributed by atoms with van der Waals surface area (Å²) in [6.07, 6.45) is 0.229. The van der Waals surface area contributed by atoms with E-state index in [-0.39, 0.29) is 12.2 Å². The smallest absolute Gasteiger partial charge is 0.131 e. The van der Waals surface area contributed by atoms with Gasteiger partial charge in [0.1, 0.15) is 5.78 Å². The number of nitriles is 1. The van der Waals surface area contributed by atoms with Gasteiger partial charge in [-0.1, -0.05) is 31.9 Å². The van der Waals surface area contributed by atoms with Gasteiger partial charge in [-0.15, -0.1) is 0 Å². The lowest BCUT2D eigenvalue weighted by Crippen LogP contribution is -2.22. The van der Waals surface area contributed by atoms with Crippen LogP contribution in [-0.2, 0) is 10.2 Å². The van der Waals surface area contributed by atoms with Crippen LogP contribution >= 0.6 is 31.9 Å². The molecule has 1 rings (SSSR count). The highest BCUT2D eigenvalue weighted by Gasteiger charge is 2.28. The second-order valence-electron chi connectivity index (χ2n) is 3.98. The van der Waals surface area contributed by atoms with Crippen molar-refractivity contribution in [1.82, 2.24) is 0 Å². The molecule has 0 saturated carbocycles. The Morgan fingerprint density at radius 2 is 1.88 bits per heavy atom. The van der Waals surface area contributed by atoms with Crippen molar-refractivity contribution >= 4 is 37.6 Å². The van der Waals surface area contributed by atoms with Crippen LogP contribution < -0.4 is 0 Å². The molecule has 1 aromatic carbocycles. The van der Waals surface area contributed by atoms with Crippen molar-refractivity contribution < 1.29 is 4.79 Å². The molecule has 1 atom stereocenters. The number of benzene rings is 1. The Morgan fingerprint density at radius 3 is 2.25 bits per heavy atom. The molecule has 0 fully saturated rings. The Kier molecular flexibility index (Phi) is 4.28. The first-order valence-corrected chi connectivity index (χ1v) is 6.33. The first-order chi connectivity index (χ1) is 7.37. The van der Waals surface area contributed by atoms with Gasteiger partial charge in [0.2, 0.25) is 0 Å². The van der Waals surface area contributed by atoms with Gasteiger partial charge >= 0.3 is 0 Å². The van der Waals surface area contributed by atoms with Crippen LogP contribution in [-0.4, -0.2) is 5.78 Å². The largest absolute Gasteiger partial charge is 0.300 e. The molecule has 0 aliphatic heterocycles. The summed E-state index contributed by atoms with van der Waals surface area (Å²) >= 11 is 6.75. The number of nitrogens with zero attached hydrogens (tertiary/aromatic N) is 1. The first kappa shape index (κ1) is 13.4. The summed E-state index contributed by atoms with van der Waals surface area (Å²) in [6, 6.07) is 7.86. The van der Waals surface area contributed by atoms with Gasteiger partial charge in [0, 0.05) is 15.4 Å². The van der Waals surface area contributed by atoms with Crippen LogP contribution in [0.25, 0.3) is 0 Å². The van der Waals surface area contributed by atoms with E-state index in [0.717, 1.165) is 14.5 Å². The Labute approximate surface area is 112 Å². The summed E-state index contributed by atoms with van der Waals surface area (Å²) in [4.78, 5) is 11.2. The highest BCUT2D eigenvalue weighted by Crippen LogP contribution is 2.31. The first-order valence-electron chi connectivity index (χ1n) is 4.74. The molecule has 0 radical (unpaired) electrons. The van der Waals surface area contributed by atoms with Crippen LogP contribution in [0.3, 0.4) is 0 Å². The summed E-state index contributed by atoms with van der Waals surface area (Å²) in [5.41, 5.74) is 0.0736. The quantitative estimate of drug-likeness (QED) is 0.832. The van der Waals surface area contributed by atoms with E-state index >= 15 is 0 Å². The average Bonchev–Trinajstić information content (AvgIpc) is 2.15. The SMILES string of the molecule is CC(=O)CC(C)(C#N)c1cc(Br)cc(Br)c1. The predicted molar refractivity (Wildman–Crippen MR) is 70.1 cm³/mol. The fourth-order valence-electron chi connectivity index (χ4n) is 1.58.